The van der Waals surface area contributed by atoms with Crippen LogP contribution in [0.5, 0.6) is 28.7 Å². The first kappa shape index (κ1) is 23.0. The van der Waals surface area contributed by atoms with Crippen LogP contribution in [-0.2, 0) is 0 Å². The summed E-state index contributed by atoms with van der Waals surface area (Å²) in [6.07, 6.45) is 2.80. The average molecular weight is 438 g/mol. The van der Waals surface area contributed by atoms with Crippen molar-refractivity contribution in [1.29, 1.82) is 0 Å². The number of allylic oxidation sites excluding steroid dienone is 1. The topological polar surface area (TPSA) is 68.2 Å². The molecule has 0 fully saturated rings. The number of aromatic hydroxyl groups is 2. The Morgan fingerprint density at radius 1 is 0.906 bits per heavy atom. The average Bonchev–Trinajstić information content (AvgIpc) is 2.77. The molecule has 6 heteroatoms. The molecule has 0 spiro atoms. The molecule has 0 aliphatic carbocycles. The van der Waals surface area contributed by atoms with E-state index in [-0.39, 0.29) is 23.1 Å². The van der Waals surface area contributed by atoms with Crippen LogP contribution in [0.25, 0.3) is 22.3 Å². The second kappa shape index (κ2) is 10.1. The van der Waals surface area contributed by atoms with Gasteiger partial charge in [0, 0.05) is 5.56 Å². The van der Waals surface area contributed by atoms with Crippen molar-refractivity contribution in [3.05, 3.63) is 66.0 Å². The van der Waals surface area contributed by atoms with E-state index in [1.54, 1.807) is 30.3 Å². The van der Waals surface area contributed by atoms with Gasteiger partial charge >= 0.3 is 0 Å². The van der Waals surface area contributed by atoms with Crippen LogP contribution >= 0.6 is 0 Å². The summed E-state index contributed by atoms with van der Waals surface area (Å²) in [5.74, 6) is 0.377. The Morgan fingerprint density at radius 3 is 2.19 bits per heavy atom. The molecule has 0 radical (unpaired) electrons. The van der Waals surface area contributed by atoms with E-state index >= 15 is 0 Å². The highest BCUT2D eigenvalue weighted by Crippen LogP contribution is 2.50. The summed E-state index contributed by atoms with van der Waals surface area (Å²) < 4.78 is 30.0. The lowest BCUT2D eigenvalue weighted by Gasteiger charge is -2.18. The molecule has 0 aromatic heterocycles. The van der Waals surface area contributed by atoms with Crippen molar-refractivity contribution in [2.75, 3.05) is 20.8 Å². The molecule has 3 rings (SSSR count). The van der Waals surface area contributed by atoms with Gasteiger partial charge < -0.3 is 24.4 Å². The maximum Gasteiger partial charge on any atom is 0.170 e. The molecule has 0 heterocycles. The predicted molar refractivity (Wildman–Crippen MR) is 123 cm³/mol. The highest BCUT2D eigenvalue weighted by Gasteiger charge is 2.22. The molecule has 168 valence electrons. The molecule has 32 heavy (non-hydrogen) atoms. The minimum absolute atomic E-state index is 0.0530. The first-order valence-corrected chi connectivity index (χ1v) is 10.2. The summed E-state index contributed by atoms with van der Waals surface area (Å²) >= 11 is 0. The van der Waals surface area contributed by atoms with Crippen molar-refractivity contribution in [3.8, 4) is 51.0 Å². The van der Waals surface area contributed by atoms with Crippen LogP contribution in [-0.4, -0.2) is 31.0 Å². The van der Waals surface area contributed by atoms with E-state index in [2.05, 4.69) is 6.08 Å². The quantitative estimate of drug-likeness (QED) is 0.318. The SMILES string of the molecule is COc1cc(-c2ccc(F)cc2)c(OC)c(O)c1-c1ccc(OCCC=C(C)C)c(O)c1. The Bertz CT molecular complexity index is 1120. The van der Waals surface area contributed by atoms with E-state index in [0.29, 0.717) is 40.4 Å². The highest BCUT2D eigenvalue weighted by atomic mass is 19.1. The molecule has 3 aromatic rings. The molecule has 0 amide bonds. The zero-order valence-electron chi connectivity index (χ0n) is 18.6. The largest absolute Gasteiger partial charge is 0.504 e. The lowest BCUT2D eigenvalue weighted by Crippen LogP contribution is -1.97. The Morgan fingerprint density at radius 2 is 1.59 bits per heavy atom. The molecule has 0 aliphatic rings. The summed E-state index contributed by atoms with van der Waals surface area (Å²) in [6.45, 7) is 4.47. The van der Waals surface area contributed by atoms with Crippen LogP contribution in [0.15, 0.2) is 60.2 Å². The summed E-state index contributed by atoms with van der Waals surface area (Å²) in [4.78, 5) is 0. The summed E-state index contributed by atoms with van der Waals surface area (Å²) in [5, 5.41) is 21.5. The lowest BCUT2D eigenvalue weighted by molar-refractivity contribution is 0.305. The Labute approximate surface area is 187 Å². The maximum atomic E-state index is 13.4. The fraction of sp³-hybridized carbons (Fsp3) is 0.231. The first-order chi connectivity index (χ1) is 15.3. The van der Waals surface area contributed by atoms with E-state index < -0.39 is 0 Å². The number of rotatable bonds is 8. The molecule has 2 N–H and O–H groups in total. The molecular formula is C26H27FO5. The van der Waals surface area contributed by atoms with Crippen molar-refractivity contribution in [2.24, 2.45) is 0 Å². The predicted octanol–water partition coefficient (Wildman–Crippen LogP) is 6.32. The molecule has 0 atom stereocenters. The molecule has 5 nitrogen and oxygen atoms in total. The third kappa shape index (κ3) is 4.97. The molecule has 0 saturated carbocycles. The van der Waals surface area contributed by atoms with Crippen molar-refractivity contribution in [3.63, 3.8) is 0 Å². The smallest absolute Gasteiger partial charge is 0.170 e. The number of methoxy groups -OCH3 is 2. The number of ether oxygens (including phenoxy) is 3. The number of hydrogen-bond acceptors (Lipinski definition) is 5. The molecule has 0 unspecified atom stereocenters. The number of phenolic OH excluding ortho intramolecular Hbond substituents is 2. The normalized spacial score (nSPS) is 10.5. The van der Waals surface area contributed by atoms with Crippen LogP contribution in [0.4, 0.5) is 4.39 Å². The van der Waals surface area contributed by atoms with Gasteiger partial charge in [0.1, 0.15) is 11.6 Å². The van der Waals surface area contributed by atoms with E-state index in [4.69, 9.17) is 14.2 Å². The summed E-state index contributed by atoms with van der Waals surface area (Å²) in [6, 6.07) is 12.4. The number of hydrogen-bond donors (Lipinski definition) is 2. The van der Waals surface area contributed by atoms with Crippen molar-refractivity contribution in [1.82, 2.24) is 0 Å². The van der Waals surface area contributed by atoms with Crippen LogP contribution in [0.3, 0.4) is 0 Å². The molecule has 0 saturated heterocycles. The van der Waals surface area contributed by atoms with Crippen LogP contribution < -0.4 is 14.2 Å². The first-order valence-electron chi connectivity index (χ1n) is 10.2. The lowest BCUT2D eigenvalue weighted by atomic mass is 9.96. The minimum Gasteiger partial charge on any atom is -0.504 e. The van der Waals surface area contributed by atoms with Gasteiger partial charge in [-0.15, -0.1) is 0 Å². The monoisotopic (exact) mass is 438 g/mol. The summed E-state index contributed by atoms with van der Waals surface area (Å²) in [5.41, 5.74) is 3.30. The third-order valence-corrected chi connectivity index (χ3v) is 4.97. The van der Waals surface area contributed by atoms with Crippen molar-refractivity contribution >= 4 is 0 Å². The van der Waals surface area contributed by atoms with E-state index in [0.717, 1.165) is 6.42 Å². The summed E-state index contributed by atoms with van der Waals surface area (Å²) in [7, 11) is 2.93. The van der Waals surface area contributed by atoms with Gasteiger partial charge in [0.15, 0.2) is 23.0 Å². The second-order valence-electron chi connectivity index (χ2n) is 7.49. The van der Waals surface area contributed by atoms with Gasteiger partial charge in [-0.3, -0.25) is 0 Å². The zero-order valence-corrected chi connectivity index (χ0v) is 18.6. The molecule has 3 aromatic carbocycles. The number of halogens is 1. The van der Waals surface area contributed by atoms with Gasteiger partial charge in [0.2, 0.25) is 0 Å². The van der Waals surface area contributed by atoms with E-state index in [9.17, 15) is 14.6 Å². The molecule has 0 bridgehead atoms. The molecule has 0 aliphatic heterocycles. The Hall–Kier alpha value is -3.67. The van der Waals surface area contributed by atoms with Gasteiger partial charge in [-0.05, 0) is 61.7 Å². The zero-order chi connectivity index (χ0) is 23.3. The Kier molecular flexibility index (Phi) is 7.25. The standard InChI is InChI=1S/C26H27FO5/c1-16(2)6-5-13-32-22-12-9-18(14-21(22)28)24-23(30-3)15-20(26(31-4)25(24)29)17-7-10-19(27)11-8-17/h6-12,14-15,28-29H,5,13H2,1-4H3. The second-order valence-corrected chi connectivity index (χ2v) is 7.49. The van der Waals surface area contributed by atoms with Crippen LogP contribution in [0.1, 0.15) is 20.3 Å². The highest BCUT2D eigenvalue weighted by molar-refractivity contribution is 5.88. The van der Waals surface area contributed by atoms with Crippen molar-refractivity contribution in [2.45, 2.75) is 20.3 Å². The fourth-order valence-corrected chi connectivity index (χ4v) is 3.43. The van der Waals surface area contributed by atoms with Gasteiger partial charge in [-0.1, -0.05) is 29.8 Å². The fourth-order valence-electron chi connectivity index (χ4n) is 3.43. The van der Waals surface area contributed by atoms with Gasteiger partial charge in [0.25, 0.3) is 0 Å². The van der Waals surface area contributed by atoms with Crippen LogP contribution in [0.2, 0.25) is 0 Å². The minimum atomic E-state index is -0.362. The van der Waals surface area contributed by atoms with Gasteiger partial charge in [-0.2, -0.15) is 0 Å². The van der Waals surface area contributed by atoms with Gasteiger partial charge in [-0.25, -0.2) is 4.39 Å². The Balaban J connectivity index is 2.01. The van der Waals surface area contributed by atoms with Crippen molar-refractivity contribution < 1.29 is 28.8 Å². The number of phenols is 2. The van der Waals surface area contributed by atoms with Gasteiger partial charge in [0.05, 0.1) is 26.4 Å². The maximum absolute atomic E-state index is 13.4. The third-order valence-electron chi connectivity index (χ3n) is 4.97. The molecular weight excluding hydrogens is 411 g/mol. The van der Waals surface area contributed by atoms with E-state index in [1.165, 1.54) is 38.0 Å². The van der Waals surface area contributed by atoms with Crippen LogP contribution in [0, 0.1) is 5.82 Å². The van der Waals surface area contributed by atoms with E-state index in [1.807, 2.05) is 13.8 Å². The number of benzene rings is 3.